The van der Waals surface area contributed by atoms with Crippen molar-refractivity contribution in [2.75, 3.05) is 16.9 Å². The number of aromatic nitrogens is 4. The number of aryl methyl sites for hydroxylation is 2. The number of pyridine rings is 1. The molecule has 3 rings (SSSR count). The summed E-state index contributed by atoms with van der Waals surface area (Å²) in [6.07, 6.45) is 1.66. The van der Waals surface area contributed by atoms with Gasteiger partial charge in [0.1, 0.15) is 5.69 Å². The van der Waals surface area contributed by atoms with E-state index < -0.39 is 0 Å². The molecule has 8 heteroatoms. The Morgan fingerprint density at radius 3 is 2.64 bits per heavy atom. The first-order chi connectivity index (χ1) is 12.0. The molecule has 1 aromatic carbocycles. The average Bonchev–Trinajstić information content (AvgIpc) is 2.93. The van der Waals surface area contributed by atoms with Crippen LogP contribution in [-0.4, -0.2) is 31.5 Å². The fourth-order valence-corrected chi connectivity index (χ4v) is 3.08. The molecule has 0 atom stereocenters. The highest BCUT2D eigenvalue weighted by atomic mass is 32.2. The van der Waals surface area contributed by atoms with Crippen LogP contribution in [0.2, 0.25) is 0 Å². The number of anilines is 1. The van der Waals surface area contributed by atoms with Gasteiger partial charge in [-0.05, 0) is 49.2 Å². The van der Waals surface area contributed by atoms with Crippen LogP contribution in [0.25, 0.3) is 11.5 Å². The number of hydrogen-bond donors (Lipinski definition) is 2. The molecule has 0 aliphatic rings. The van der Waals surface area contributed by atoms with E-state index in [1.807, 2.05) is 38.1 Å². The summed E-state index contributed by atoms with van der Waals surface area (Å²) in [5.74, 6) is 6.53. The van der Waals surface area contributed by atoms with Crippen molar-refractivity contribution in [1.82, 2.24) is 19.9 Å². The Hall–Kier alpha value is -2.87. The number of nitrogens with two attached hydrogens (primary N) is 1. The summed E-state index contributed by atoms with van der Waals surface area (Å²) in [5, 5.41) is 11.4. The maximum absolute atomic E-state index is 12.2. The molecule has 1 amide bonds. The first-order valence-electron chi connectivity index (χ1n) is 7.66. The number of benzene rings is 1. The van der Waals surface area contributed by atoms with Crippen LogP contribution in [0.3, 0.4) is 0 Å². The largest absolute Gasteiger partial charge is 0.335 e. The summed E-state index contributed by atoms with van der Waals surface area (Å²) in [7, 11) is 0. The third-order valence-electron chi connectivity index (χ3n) is 3.40. The summed E-state index contributed by atoms with van der Waals surface area (Å²) in [5.41, 5.74) is 3.62. The molecule has 128 valence electrons. The SMILES string of the molecule is Cc1cc(C)cc(NC(=O)CSc2nnc(-c3ccccn3)n2N)c1. The lowest BCUT2D eigenvalue weighted by atomic mass is 10.1. The van der Waals surface area contributed by atoms with Gasteiger partial charge in [0, 0.05) is 11.9 Å². The molecule has 0 fully saturated rings. The van der Waals surface area contributed by atoms with Crippen molar-refractivity contribution in [3.63, 3.8) is 0 Å². The average molecular weight is 354 g/mol. The molecule has 0 spiro atoms. The highest BCUT2D eigenvalue weighted by Crippen LogP contribution is 2.20. The van der Waals surface area contributed by atoms with Crippen molar-refractivity contribution in [3.8, 4) is 11.5 Å². The Morgan fingerprint density at radius 2 is 1.96 bits per heavy atom. The van der Waals surface area contributed by atoms with E-state index in [0.717, 1.165) is 16.8 Å². The van der Waals surface area contributed by atoms with E-state index in [2.05, 4.69) is 26.6 Å². The number of amides is 1. The zero-order chi connectivity index (χ0) is 17.8. The second kappa shape index (κ2) is 7.35. The molecule has 0 unspecified atom stereocenters. The van der Waals surface area contributed by atoms with Gasteiger partial charge in [0.2, 0.25) is 16.9 Å². The number of thioether (sulfide) groups is 1. The quantitative estimate of drug-likeness (QED) is 0.539. The number of nitrogens with zero attached hydrogens (tertiary/aromatic N) is 4. The van der Waals surface area contributed by atoms with Crippen molar-refractivity contribution >= 4 is 23.4 Å². The summed E-state index contributed by atoms with van der Waals surface area (Å²) in [4.78, 5) is 16.4. The van der Waals surface area contributed by atoms with Crippen LogP contribution in [0.15, 0.2) is 47.8 Å². The Balaban J connectivity index is 1.64. The van der Waals surface area contributed by atoms with E-state index in [9.17, 15) is 4.79 Å². The number of carbonyl (C=O) groups excluding carboxylic acids is 1. The fraction of sp³-hybridized carbons (Fsp3) is 0.176. The monoisotopic (exact) mass is 354 g/mol. The molecule has 0 aliphatic carbocycles. The van der Waals surface area contributed by atoms with Crippen LogP contribution in [0.4, 0.5) is 5.69 Å². The van der Waals surface area contributed by atoms with Crippen molar-refractivity contribution in [2.24, 2.45) is 0 Å². The molecule has 7 nitrogen and oxygen atoms in total. The van der Waals surface area contributed by atoms with Crippen LogP contribution in [0.5, 0.6) is 0 Å². The van der Waals surface area contributed by atoms with Crippen molar-refractivity contribution < 1.29 is 4.79 Å². The molecule has 0 aliphatic heterocycles. The first kappa shape index (κ1) is 17.0. The van der Waals surface area contributed by atoms with Gasteiger partial charge in [0.15, 0.2) is 0 Å². The third kappa shape index (κ3) is 4.16. The number of nitrogens with one attached hydrogen (secondary N) is 1. The molecule has 0 bridgehead atoms. The minimum atomic E-state index is -0.127. The Morgan fingerprint density at radius 1 is 1.20 bits per heavy atom. The molecular formula is C17H18N6OS. The Kier molecular flexibility index (Phi) is 4.99. The number of nitrogen functional groups attached to an aromatic ring is 1. The molecule has 3 aromatic rings. The second-order valence-corrected chi connectivity index (χ2v) is 6.55. The smallest absolute Gasteiger partial charge is 0.234 e. The van der Waals surface area contributed by atoms with Crippen LogP contribution < -0.4 is 11.2 Å². The van der Waals surface area contributed by atoms with E-state index >= 15 is 0 Å². The molecule has 2 aromatic heterocycles. The van der Waals surface area contributed by atoms with Crippen molar-refractivity contribution in [2.45, 2.75) is 19.0 Å². The van der Waals surface area contributed by atoms with Gasteiger partial charge in [-0.3, -0.25) is 9.78 Å². The predicted molar refractivity (Wildman–Crippen MR) is 98.7 cm³/mol. The molecule has 0 saturated heterocycles. The Bertz CT molecular complexity index is 873. The maximum Gasteiger partial charge on any atom is 0.234 e. The summed E-state index contributed by atoms with van der Waals surface area (Å²) in [6, 6.07) is 11.4. The summed E-state index contributed by atoms with van der Waals surface area (Å²) >= 11 is 1.22. The molecule has 3 N–H and O–H groups in total. The van der Waals surface area contributed by atoms with E-state index in [0.29, 0.717) is 16.7 Å². The highest BCUT2D eigenvalue weighted by Gasteiger charge is 2.14. The normalized spacial score (nSPS) is 10.6. The predicted octanol–water partition coefficient (Wildman–Crippen LogP) is 2.40. The van der Waals surface area contributed by atoms with Gasteiger partial charge in [0.25, 0.3) is 0 Å². The molecular weight excluding hydrogens is 336 g/mol. The van der Waals surface area contributed by atoms with Crippen LogP contribution >= 0.6 is 11.8 Å². The van der Waals surface area contributed by atoms with Gasteiger partial charge >= 0.3 is 0 Å². The maximum atomic E-state index is 12.2. The van der Waals surface area contributed by atoms with Gasteiger partial charge in [-0.2, -0.15) is 0 Å². The van der Waals surface area contributed by atoms with Crippen LogP contribution in [0.1, 0.15) is 11.1 Å². The van der Waals surface area contributed by atoms with E-state index in [4.69, 9.17) is 5.84 Å². The van der Waals surface area contributed by atoms with Crippen LogP contribution in [-0.2, 0) is 4.79 Å². The summed E-state index contributed by atoms with van der Waals surface area (Å²) in [6.45, 7) is 3.99. The Labute approximate surface area is 149 Å². The van der Waals surface area contributed by atoms with E-state index in [1.54, 1.807) is 12.3 Å². The van der Waals surface area contributed by atoms with E-state index in [-0.39, 0.29) is 11.7 Å². The number of hydrogen-bond acceptors (Lipinski definition) is 6. The third-order valence-corrected chi connectivity index (χ3v) is 4.34. The van der Waals surface area contributed by atoms with E-state index in [1.165, 1.54) is 16.4 Å². The lowest BCUT2D eigenvalue weighted by Crippen LogP contribution is -2.16. The lowest BCUT2D eigenvalue weighted by Gasteiger charge is -2.07. The minimum absolute atomic E-state index is 0.127. The van der Waals surface area contributed by atoms with Crippen LogP contribution in [0, 0.1) is 13.8 Å². The topological polar surface area (TPSA) is 98.7 Å². The zero-order valence-corrected chi connectivity index (χ0v) is 14.7. The number of carbonyl (C=O) groups is 1. The zero-order valence-electron chi connectivity index (χ0n) is 13.9. The first-order valence-corrected chi connectivity index (χ1v) is 8.64. The minimum Gasteiger partial charge on any atom is -0.335 e. The van der Waals surface area contributed by atoms with Crippen molar-refractivity contribution in [1.29, 1.82) is 0 Å². The standard InChI is InChI=1S/C17H18N6OS/c1-11-7-12(2)9-13(8-11)20-15(24)10-25-17-22-21-16(23(17)18)14-5-3-4-6-19-14/h3-9H,10,18H2,1-2H3,(H,20,24). The molecule has 0 radical (unpaired) electrons. The van der Waals surface area contributed by atoms with Gasteiger partial charge in [-0.1, -0.05) is 23.9 Å². The van der Waals surface area contributed by atoms with Gasteiger partial charge < -0.3 is 11.2 Å². The second-order valence-electron chi connectivity index (χ2n) is 5.60. The van der Waals surface area contributed by atoms with Gasteiger partial charge in [-0.25, -0.2) is 4.68 Å². The molecule has 0 saturated carbocycles. The highest BCUT2D eigenvalue weighted by molar-refractivity contribution is 7.99. The van der Waals surface area contributed by atoms with Gasteiger partial charge in [0.05, 0.1) is 5.75 Å². The molecule has 2 heterocycles. The van der Waals surface area contributed by atoms with Gasteiger partial charge in [-0.15, -0.1) is 10.2 Å². The molecule has 25 heavy (non-hydrogen) atoms. The summed E-state index contributed by atoms with van der Waals surface area (Å²) < 4.78 is 1.34. The number of rotatable bonds is 5. The lowest BCUT2D eigenvalue weighted by molar-refractivity contribution is -0.113. The fourth-order valence-electron chi connectivity index (χ4n) is 2.42. The van der Waals surface area contributed by atoms with Crippen molar-refractivity contribution in [3.05, 3.63) is 53.7 Å².